The highest BCUT2D eigenvalue weighted by Gasteiger charge is 2.14. The summed E-state index contributed by atoms with van der Waals surface area (Å²) >= 11 is 0. The number of carbonyl (C=O) groups excluding carboxylic acids is 2. The van der Waals surface area contributed by atoms with E-state index in [0.29, 0.717) is 23.7 Å². The van der Waals surface area contributed by atoms with Gasteiger partial charge in [0.15, 0.2) is 23.0 Å². The van der Waals surface area contributed by atoms with Crippen LogP contribution in [0.1, 0.15) is 52.5 Å². The largest absolute Gasteiger partial charge is 0.508 e. The van der Waals surface area contributed by atoms with Crippen LogP contribution >= 0.6 is 0 Å². The highest BCUT2D eigenvalue weighted by atomic mass is 16.5. The molecule has 0 saturated carbocycles. The van der Waals surface area contributed by atoms with Crippen LogP contribution in [0.15, 0.2) is 45.6 Å². The van der Waals surface area contributed by atoms with Gasteiger partial charge in [-0.15, -0.1) is 0 Å². The van der Waals surface area contributed by atoms with E-state index in [2.05, 4.69) is 4.74 Å². The zero-order chi connectivity index (χ0) is 29.0. The lowest BCUT2D eigenvalue weighted by atomic mass is 9.99. The van der Waals surface area contributed by atoms with E-state index in [9.17, 15) is 19.5 Å². The minimum atomic E-state index is -0.425. The molecular formula is C28H36O10. The molecule has 208 valence electrons. The summed E-state index contributed by atoms with van der Waals surface area (Å²) in [4.78, 5) is 33.0. The minimum absolute atomic E-state index is 0.0262. The number of phenolic OH excluding ortho intramolecular Hbond substituents is 3. The molecular weight excluding hydrogens is 496 g/mol. The summed E-state index contributed by atoms with van der Waals surface area (Å²) in [5.41, 5.74) is 0.847. The van der Waals surface area contributed by atoms with Crippen LogP contribution in [0.4, 0.5) is 0 Å². The van der Waals surface area contributed by atoms with Crippen molar-refractivity contribution in [2.45, 2.75) is 47.0 Å². The first-order chi connectivity index (χ1) is 17.8. The molecule has 38 heavy (non-hydrogen) atoms. The molecule has 0 radical (unpaired) electrons. The van der Waals surface area contributed by atoms with Crippen LogP contribution in [0.2, 0.25) is 0 Å². The van der Waals surface area contributed by atoms with Crippen molar-refractivity contribution in [1.29, 1.82) is 0 Å². The average molecular weight is 533 g/mol. The molecule has 0 aliphatic heterocycles. The first kappa shape index (κ1) is 31.8. The summed E-state index contributed by atoms with van der Waals surface area (Å²) in [6.07, 6.45) is -0.0918. The molecule has 0 amide bonds. The van der Waals surface area contributed by atoms with E-state index in [1.165, 1.54) is 44.6 Å². The van der Waals surface area contributed by atoms with Gasteiger partial charge in [0.25, 0.3) is 0 Å². The Morgan fingerprint density at radius 2 is 1.50 bits per heavy atom. The summed E-state index contributed by atoms with van der Waals surface area (Å²) in [5.74, 6) is 0.279. The zero-order valence-corrected chi connectivity index (χ0v) is 22.7. The molecule has 0 aliphatic rings. The van der Waals surface area contributed by atoms with Gasteiger partial charge in [-0.05, 0) is 36.6 Å². The molecule has 3 N–H and O–H groups in total. The lowest BCUT2D eigenvalue weighted by Gasteiger charge is -2.10. The Labute approximate surface area is 221 Å². The number of esters is 1. The Bertz CT molecular complexity index is 1270. The van der Waals surface area contributed by atoms with Crippen molar-refractivity contribution in [1.82, 2.24) is 0 Å². The molecule has 0 aliphatic carbocycles. The lowest BCUT2D eigenvalue weighted by molar-refractivity contribution is -0.146. The zero-order valence-electron chi connectivity index (χ0n) is 22.7. The van der Waals surface area contributed by atoms with Gasteiger partial charge in [0.2, 0.25) is 0 Å². The maximum absolute atomic E-state index is 11.4. The van der Waals surface area contributed by atoms with Crippen LogP contribution in [0.5, 0.6) is 28.7 Å². The average Bonchev–Trinajstić information content (AvgIpc) is 2.84. The Morgan fingerprint density at radius 1 is 0.895 bits per heavy atom. The monoisotopic (exact) mass is 532 g/mol. The van der Waals surface area contributed by atoms with Crippen molar-refractivity contribution in [3.8, 4) is 28.7 Å². The number of benzene rings is 2. The van der Waals surface area contributed by atoms with E-state index in [4.69, 9.17) is 24.1 Å². The Kier molecular flexibility index (Phi) is 12.7. The fourth-order valence-electron chi connectivity index (χ4n) is 3.08. The van der Waals surface area contributed by atoms with Crippen molar-refractivity contribution >= 4 is 22.7 Å². The number of aromatic hydroxyl groups is 3. The molecule has 10 nitrogen and oxygen atoms in total. The van der Waals surface area contributed by atoms with Gasteiger partial charge in [-0.2, -0.15) is 0 Å². The SMILES string of the molecule is CCOC(=O)CC(=O)C(C)C.COc1cc2c(C(C)C)cc(=O)oc2cc1O.COc1ccc(O)cc1O. The van der Waals surface area contributed by atoms with Gasteiger partial charge >= 0.3 is 11.6 Å². The lowest BCUT2D eigenvalue weighted by Crippen LogP contribution is -2.15. The number of fused-ring (bicyclic) bond motifs is 1. The molecule has 0 unspecified atom stereocenters. The molecule has 3 aromatic rings. The predicted molar refractivity (Wildman–Crippen MR) is 142 cm³/mol. The highest BCUT2D eigenvalue weighted by Crippen LogP contribution is 2.34. The third kappa shape index (κ3) is 9.68. The van der Waals surface area contributed by atoms with E-state index >= 15 is 0 Å². The van der Waals surface area contributed by atoms with Crippen LogP contribution in [0.3, 0.4) is 0 Å². The molecule has 0 bridgehead atoms. The summed E-state index contributed by atoms with van der Waals surface area (Å²) in [6.45, 7) is 9.58. The van der Waals surface area contributed by atoms with Gasteiger partial charge in [0.05, 0.1) is 20.8 Å². The maximum Gasteiger partial charge on any atom is 0.336 e. The van der Waals surface area contributed by atoms with Gasteiger partial charge in [0.1, 0.15) is 23.5 Å². The molecule has 2 aromatic carbocycles. The quantitative estimate of drug-likeness (QED) is 0.217. The van der Waals surface area contributed by atoms with Gasteiger partial charge < -0.3 is 33.9 Å². The molecule has 0 atom stereocenters. The number of rotatable bonds is 7. The van der Waals surface area contributed by atoms with Crippen LogP contribution < -0.4 is 15.1 Å². The van der Waals surface area contributed by atoms with Gasteiger partial charge in [-0.1, -0.05) is 27.7 Å². The molecule has 1 heterocycles. The van der Waals surface area contributed by atoms with Crippen molar-refractivity contribution in [2.24, 2.45) is 5.92 Å². The number of methoxy groups -OCH3 is 2. The number of carbonyl (C=O) groups is 2. The van der Waals surface area contributed by atoms with Crippen molar-refractivity contribution < 1.29 is 43.5 Å². The predicted octanol–water partition coefficient (Wildman–Crippen LogP) is 4.90. The summed E-state index contributed by atoms with van der Waals surface area (Å²) in [6, 6.07) is 8.72. The van der Waals surface area contributed by atoms with Crippen LogP contribution in [-0.4, -0.2) is 47.9 Å². The third-order valence-corrected chi connectivity index (χ3v) is 5.13. The second-order valence-electron chi connectivity index (χ2n) is 8.65. The Morgan fingerprint density at radius 3 is 2.00 bits per heavy atom. The molecule has 0 saturated heterocycles. The minimum Gasteiger partial charge on any atom is -0.508 e. The third-order valence-electron chi connectivity index (χ3n) is 5.13. The van der Waals surface area contributed by atoms with E-state index in [1.807, 2.05) is 13.8 Å². The van der Waals surface area contributed by atoms with E-state index in [1.54, 1.807) is 26.8 Å². The second-order valence-corrected chi connectivity index (χ2v) is 8.65. The van der Waals surface area contributed by atoms with E-state index in [-0.39, 0.29) is 41.3 Å². The number of Topliss-reactive ketones (excluding diaryl/α,β-unsaturated/α-hetero) is 1. The topological polar surface area (TPSA) is 153 Å². The standard InChI is InChI=1S/C13H14O4.C8H14O3.C7H8O3/c1-7(2)8-5-13(15)17-11-6-10(14)12(16-3)4-9(8)11;1-4-11-8(10)5-7(9)6(2)3;1-10-7-3-2-5(8)4-6(7)9/h4-7,14H,1-3H3;6H,4-5H2,1-3H3;2-4,8-9H,1H3. The summed E-state index contributed by atoms with van der Waals surface area (Å²) in [7, 11) is 2.93. The Hall–Kier alpha value is -4.21. The summed E-state index contributed by atoms with van der Waals surface area (Å²) in [5, 5.41) is 28.3. The van der Waals surface area contributed by atoms with Crippen LogP contribution in [-0.2, 0) is 14.3 Å². The van der Waals surface area contributed by atoms with Gasteiger partial charge in [-0.3, -0.25) is 9.59 Å². The van der Waals surface area contributed by atoms with Crippen molar-refractivity contribution in [3.63, 3.8) is 0 Å². The highest BCUT2D eigenvalue weighted by molar-refractivity contribution is 5.96. The van der Waals surface area contributed by atoms with Crippen LogP contribution in [0, 0.1) is 5.92 Å². The van der Waals surface area contributed by atoms with Crippen molar-refractivity contribution in [2.75, 3.05) is 20.8 Å². The number of hydrogen-bond acceptors (Lipinski definition) is 10. The smallest absolute Gasteiger partial charge is 0.336 e. The first-order valence-electron chi connectivity index (χ1n) is 11.9. The number of ether oxygens (including phenoxy) is 3. The number of hydrogen-bond donors (Lipinski definition) is 3. The van der Waals surface area contributed by atoms with Crippen LogP contribution in [0.25, 0.3) is 11.0 Å². The summed E-state index contributed by atoms with van der Waals surface area (Å²) < 4.78 is 19.5. The maximum atomic E-state index is 11.4. The van der Waals surface area contributed by atoms with Crippen molar-refractivity contribution in [3.05, 3.63) is 52.4 Å². The van der Waals surface area contributed by atoms with Gasteiger partial charge in [-0.25, -0.2) is 4.79 Å². The first-order valence-corrected chi connectivity index (χ1v) is 11.9. The number of ketones is 1. The van der Waals surface area contributed by atoms with E-state index in [0.717, 1.165) is 10.9 Å². The molecule has 0 spiro atoms. The number of phenols is 3. The normalized spacial score (nSPS) is 10.2. The fourth-order valence-corrected chi connectivity index (χ4v) is 3.08. The Balaban J connectivity index is 0.000000301. The molecule has 10 heteroatoms. The van der Waals surface area contributed by atoms with Gasteiger partial charge in [0, 0.05) is 29.5 Å². The molecule has 0 fully saturated rings. The fraction of sp³-hybridized carbons (Fsp3) is 0.393. The molecule has 1 aromatic heterocycles. The van der Waals surface area contributed by atoms with E-state index < -0.39 is 11.6 Å². The molecule has 3 rings (SSSR count). The second kappa shape index (κ2) is 15.1.